The highest BCUT2D eigenvalue weighted by Crippen LogP contribution is 2.37. The van der Waals surface area contributed by atoms with Crippen LogP contribution in [-0.4, -0.2) is 17.4 Å². The fourth-order valence-electron chi connectivity index (χ4n) is 4.62. The van der Waals surface area contributed by atoms with Crippen molar-refractivity contribution in [3.63, 3.8) is 0 Å². The zero-order valence-electron chi connectivity index (χ0n) is 24.1. The van der Waals surface area contributed by atoms with Crippen LogP contribution in [0.15, 0.2) is 72.8 Å². The number of carbonyl (C=O) groups is 2. The SMILES string of the molecule is CC(C)(C)c1cc(C(C)(C)C)c(P=C2C(=O)N(c3ccccc3)C(=O)N2c2ccccc2)c(C(C)(C)C)c1. The van der Waals surface area contributed by atoms with Gasteiger partial charge < -0.3 is 0 Å². The van der Waals surface area contributed by atoms with E-state index in [1.54, 1.807) is 17.0 Å². The van der Waals surface area contributed by atoms with Gasteiger partial charge in [0.15, 0.2) is 0 Å². The number of urea groups is 1. The Hall–Kier alpha value is -3.23. The van der Waals surface area contributed by atoms with Gasteiger partial charge in [-0.05, 0) is 65.4 Å². The molecule has 198 valence electrons. The first-order chi connectivity index (χ1) is 17.6. The van der Waals surface area contributed by atoms with E-state index in [1.807, 2.05) is 48.5 Å². The Morgan fingerprint density at radius 3 is 1.39 bits per heavy atom. The van der Waals surface area contributed by atoms with E-state index in [0.717, 1.165) is 13.5 Å². The molecule has 1 aliphatic heterocycles. The highest BCUT2D eigenvalue weighted by Gasteiger charge is 2.44. The molecular formula is C33H39N2O2P. The van der Waals surface area contributed by atoms with Gasteiger partial charge in [-0.2, -0.15) is 0 Å². The van der Waals surface area contributed by atoms with Crippen LogP contribution in [0.3, 0.4) is 0 Å². The number of hydrogen-bond donors (Lipinski definition) is 0. The van der Waals surface area contributed by atoms with E-state index in [2.05, 4.69) is 74.4 Å². The van der Waals surface area contributed by atoms with E-state index in [4.69, 9.17) is 0 Å². The molecule has 1 heterocycles. The Labute approximate surface area is 229 Å². The molecule has 0 aliphatic carbocycles. The second-order valence-corrected chi connectivity index (χ2v) is 14.1. The minimum absolute atomic E-state index is 0.0259. The average Bonchev–Trinajstić information content (AvgIpc) is 3.07. The maximum absolute atomic E-state index is 14.1. The molecule has 38 heavy (non-hydrogen) atoms. The van der Waals surface area contributed by atoms with Gasteiger partial charge in [0.05, 0.1) is 11.4 Å². The van der Waals surface area contributed by atoms with Crippen LogP contribution >= 0.6 is 8.20 Å². The van der Waals surface area contributed by atoms with Crippen LogP contribution in [0, 0.1) is 0 Å². The molecule has 1 aliphatic rings. The van der Waals surface area contributed by atoms with E-state index in [0.29, 0.717) is 16.8 Å². The molecule has 0 spiro atoms. The maximum Gasteiger partial charge on any atom is 0.341 e. The van der Waals surface area contributed by atoms with Gasteiger partial charge in [0.1, 0.15) is 5.42 Å². The molecule has 1 fully saturated rings. The molecule has 0 unspecified atom stereocenters. The van der Waals surface area contributed by atoms with Crippen LogP contribution in [0.5, 0.6) is 0 Å². The van der Waals surface area contributed by atoms with Crippen molar-refractivity contribution in [1.82, 2.24) is 0 Å². The van der Waals surface area contributed by atoms with Crippen molar-refractivity contribution >= 4 is 42.2 Å². The summed E-state index contributed by atoms with van der Waals surface area (Å²) in [6, 6.07) is 22.9. The minimum atomic E-state index is -0.351. The summed E-state index contributed by atoms with van der Waals surface area (Å²) in [7, 11) is 0.719. The lowest BCUT2D eigenvalue weighted by molar-refractivity contribution is -0.111. The molecule has 5 heteroatoms. The first kappa shape index (κ1) is 27.8. The number of anilines is 2. The summed E-state index contributed by atoms with van der Waals surface area (Å²) in [4.78, 5) is 30.8. The Morgan fingerprint density at radius 1 is 0.579 bits per heavy atom. The summed E-state index contributed by atoms with van der Waals surface area (Å²) < 4.78 is 0. The predicted octanol–water partition coefficient (Wildman–Crippen LogP) is 7.95. The molecule has 4 rings (SSSR count). The minimum Gasteiger partial charge on any atom is -0.266 e. The van der Waals surface area contributed by atoms with Gasteiger partial charge in [0.2, 0.25) is 0 Å². The van der Waals surface area contributed by atoms with Crippen LogP contribution in [-0.2, 0) is 21.0 Å². The van der Waals surface area contributed by atoms with Crippen molar-refractivity contribution in [3.05, 3.63) is 89.5 Å². The summed E-state index contributed by atoms with van der Waals surface area (Å²) in [6.45, 7) is 20.0. The van der Waals surface area contributed by atoms with Crippen LogP contribution in [0.4, 0.5) is 16.2 Å². The molecule has 0 atom stereocenters. The fraction of sp³-hybridized carbons (Fsp3) is 0.364. The highest BCUT2D eigenvalue weighted by atomic mass is 31.1. The van der Waals surface area contributed by atoms with Gasteiger partial charge >= 0.3 is 6.03 Å². The van der Waals surface area contributed by atoms with E-state index in [-0.39, 0.29) is 28.2 Å². The monoisotopic (exact) mass is 526 g/mol. The van der Waals surface area contributed by atoms with E-state index in [9.17, 15) is 9.59 Å². The van der Waals surface area contributed by atoms with Crippen molar-refractivity contribution in [2.75, 3.05) is 9.80 Å². The molecule has 0 N–H and O–H groups in total. The normalized spacial score (nSPS) is 16.1. The van der Waals surface area contributed by atoms with Crippen molar-refractivity contribution in [3.8, 4) is 0 Å². The van der Waals surface area contributed by atoms with Crippen molar-refractivity contribution in [2.45, 2.75) is 78.6 Å². The molecule has 0 radical (unpaired) electrons. The van der Waals surface area contributed by atoms with E-state index in [1.165, 1.54) is 21.6 Å². The molecule has 3 aromatic carbocycles. The molecule has 3 aromatic rings. The largest absolute Gasteiger partial charge is 0.341 e. The number of nitrogens with zero attached hydrogens (tertiary/aromatic N) is 2. The lowest BCUT2D eigenvalue weighted by Gasteiger charge is -2.32. The van der Waals surface area contributed by atoms with E-state index >= 15 is 0 Å². The summed E-state index contributed by atoms with van der Waals surface area (Å²) in [5.41, 5.74) is 5.05. The number of benzene rings is 3. The van der Waals surface area contributed by atoms with Gasteiger partial charge in [-0.1, -0.05) is 111 Å². The number of hydrogen-bond acceptors (Lipinski definition) is 2. The summed E-state index contributed by atoms with van der Waals surface area (Å²) in [6.07, 6.45) is 0. The average molecular weight is 527 g/mol. The quantitative estimate of drug-likeness (QED) is 0.257. The third-order valence-corrected chi connectivity index (χ3v) is 8.14. The number of amides is 3. The third kappa shape index (κ3) is 5.33. The molecule has 1 saturated heterocycles. The Bertz CT molecular complexity index is 1350. The van der Waals surface area contributed by atoms with E-state index < -0.39 is 0 Å². The van der Waals surface area contributed by atoms with Gasteiger partial charge in [0.25, 0.3) is 5.91 Å². The molecule has 0 aromatic heterocycles. The standard InChI is InChI=1S/C33H39N2O2P/c1-31(2,3)22-20-25(32(4,5)6)27(26(21-22)33(7,8)9)38-29-28(36)34(23-16-12-10-13-17-23)30(37)35(29)24-18-14-11-15-19-24/h10-21H,1-9H3. The first-order valence-electron chi connectivity index (χ1n) is 13.2. The lowest BCUT2D eigenvalue weighted by Crippen LogP contribution is -2.33. The zero-order valence-corrected chi connectivity index (χ0v) is 25.0. The third-order valence-electron chi connectivity index (χ3n) is 6.83. The summed E-state index contributed by atoms with van der Waals surface area (Å²) in [5, 5.41) is 1.10. The number of para-hydroxylation sites is 2. The van der Waals surface area contributed by atoms with Gasteiger partial charge in [-0.15, -0.1) is 0 Å². The van der Waals surface area contributed by atoms with Crippen molar-refractivity contribution in [2.24, 2.45) is 0 Å². The highest BCUT2D eigenvalue weighted by molar-refractivity contribution is 7.52. The molecule has 4 nitrogen and oxygen atoms in total. The predicted molar refractivity (Wildman–Crippen MR) is 162 cm³/mol. The maximum atomic E-state index is 14.1. The number of carbonyl (C=O) groups excluding carboxylic acids is 2. The zero-order chi connectivity index (χ0) is 28.0. The molecule has 3 amide bonds. The fourth-order valence-corrected chi connectivity index (χ4v) is 6.37. The lowest BCUT2D eigenvalue weighted by atomic mass is 9.75. The Morgan fingerprint density at radius 2 is 1.00 bits per heavy atom. The van der Waals surface area contributed by atoms with Gasteiger partial charge in [-0.25, -0.2) is 9.69 Å². The van der Waals surface area contributed by atoms with Crippen LogP contribution in [0.1, 0.15) is 79.0 Å². The smallest absolute Gasteiger partial charge is 0.266 e. The number of rotatable bonds is 3. The summed E-state index contributed by atoms with van der Waals surface area (Å²) >= 11 is 0. The van der Waals surface area contributed by atoms with Crippen LogP contribution in [0.2, 0.25) is 0 Å². The Balaban J connectivity index is 2.05. The summed E-state index contributed by atoms with van der Waals surface area (Å²) in [5.74, 6) is -0.286. The van der Waals surface area contributed by atoms with Crippen molar-refractivity contribution in [1.29, 1.82) is 0 Å². The molecular weight excluding hydrogens is 487 g/mol. The van der Waals surface area contributed by atoms with Gasteiger partial charge in [-0.3, -0.25) is 9.69 Å². The number of imide groups is 1. The topological polar surface area (TPSA) is 40.6 Å². The van der Waals surface area contributed by atoms with Crippen LogP contribution in [0.25, 0.3) is 0 Å². The second kappa shape index (κ2) is 9.82. The van der Waals surface area contributed by atoms with Crippen molar-refractivity contribution < 1.29 is 9.59 Å². The second-order valence-electron chi connectivity index (χ2n) is 13.0. The molecule has 0 saturated carbocycles. The first-order valence-corrected chi connectivity index (χ1v) is 14.1. The van der Waals surface area contributed by atoms with Gasteiger partial charge in [0, 0.05) is 5.30 Å². The van der Waals surface area contributed by atoms with Crippen LogP contribution < -0.4 is 15.1 Å². The Kier molecular flexibility index (Phi) is 7.18. The molecule has 0 bridgehead atoms.